The third-order valence-electron chi connectivity index (χ3n) is 5.47. The lowest BCUT2D eigenvalue weighted by atomic mass is 9.44. The van der Waals surface area contributed by atoms with Gasteiger partial charge < -0.3 is 24.8 Å². The van der Waals surface area contributed by atoms with Crippen LogP contribution in [-0.2, 0) is 4.79 Å². The summed E-state index contributed by atoms with van der Waals surface area (Å²) in [6, 6.07) is 3.97. The maximum atomic E-state index is 13.4. The molecule has 31 heavy (non-hydrogen) atoms. The van der Waals surface area contributed by atoms with Crippen LogP contribution in [0.15, 0.2) is 24.5 Å². The summed E-state index contributed by atoms with van der Waals surface area (Å²) >= 11 is 5.62. The van der Waals surface area contributed by atoms with Crippen molar-refractivity contribution in [3.63, 3.8) is 0 Å². The predicted octanol–water partition coefficient (Wildman–Crippen LogP) is 1.89. The molecule has 0 saturated heterocycles. The van der Waals surface area contributed by atoms with Gasteiger partial charge in [-0.1, -0.05) is 11.6 Å². The molecule has 0 unspecified atom stereocenters. The molecule has 164 valence electrons. The Morgan fingerprint density at radius 3 is 2.29 bits per heavy atom. The first-order valence-electron chi connectivity index (χ1n) is 9.43. The Hall–Kier alpha value is -3.14. The number of carbonyl (C=O) groups excluding carboxylic acids is 2. The van der Waals surface area contributed by atoms with Crippen LogP contribution < -0.4 is 24.8 Å². The fourth-order valence-corrected chi connectivity index (χ4v) is 4.38. The van der Waals surface area contributed by atoms with Crippen LogP contribution >= 0.6 is 11.6 Å². The zero-order valence-electron chi connectivity index (χ0n) is 16.8. The third-order valence-corrected chi connectivity index (χ3v) is 5.77. The number of methoxy groups -OCH3 is 2. The number of carbonyl (C=O) groups is 2. The van der Waals surface area contributed by atoms with Crippen molar-refractivity contribution in [3.8, 4) is 17.5 Å². The number of nitrogens with zero attached hydrogens (tertiary/aromatic N) is 2. The SMILES string of the molecule is COc1ncnc(OC)c1C(=O)NC12CC(NC(=O)COc3ccc(Cl)c(F)c3)(C1)C2. The number of hydrogen-bond donors (Lipinski definition) is 2. The van der Waals surface area contributed by atoms with Crippen LogP contribution in [0.4, 0.5) is 4.39 Å². The van der Waals surface area contributed by atoms with E-state index in [0.29, 0.717) is 19.3 Å². The van der Waals surface area contributed by atoms with Crippen molar-refractivity contribution in [2.24, 2.45) is 0 Å². The molecule has 2 amide bonds. The molecule has 3 aliphatic rings. The van der Waals surface area contributed by atoms with Crippen molar-refractivity contribution in [3.05, 3.63) is 40.9 Å². The van der Waals surface area contributed by atoms with Gasteiger partial charge in [0.2, 0.25) is 11.8 Å². The first-order valence-corrected chi connectivity index (χ1v) is 9.81. The summed E-state index contributed by atoms with van der Waals surface area (Å²) in [7, 11) is 2.81. The molecule has 0 atom stereocenters. The van der Waals surface area contributed by atoms with Crippen molar-refractivity contribution in [2.45, 2.75) is 30.3 Å². The molecule has 3 fully saturated rings. The molecular formula is C20H20ClFN4O5. The van der Waals surface area contributed by atoms with Crippen molar-refractivity contribution >= 4 is 23.4 Å². The first kappa shape index (κ1) is 21.1. The van der Waals surface area contributed by atoms with Gasteiger partial charge in [-0.2, -0.15) is 0 Å². The summed E-state index contributed by atoms with van der Waals surface area (Å²) < 4.78 is 29.0. The maximum absolute atomic E-state index is 13.4. The topological polar surface area (TPSA) is 112 Å². The Kier molecular flexibility index (Phi) is 5.34. The monoisotopic (exact) mass is 450 g/mol. The van der Waals surface area contributed by atoms with Crippen LogP contribution in [0.1, 0.15) is 29.6 Å². The minimum Gasteiger partial charge on any atom is -0.484 e. The van der Waals surface area contributed by atoms with Crippen molar-refractivity contribution in [1.82, 2.24) is 20.6 Å². The Morgan fingerprint density at radius 1 is 1.10 bits per heavy atom. The minimum absolute atomic E-state index is 0.0182. The quantitative estimate of drug-likeness (QED) is 0.631. The number of rotatable bonds is 8. The Morgan fingerprint density at radius 2 is 1.71 bits per heavy atom. The van der Waals surface area contributed by atoms with E-state index in [1.54, 1.807) is 0 Å². The van der Waals surface area contributed by atoms with Crippen LogP contribution in [0.3, 0.4) is 0 Å². The molecule has 3 saturated carbocycles. The summed E-state index contributed by atoms with van der Waals surface area (Å²) in [5.41, 5.74) is -0.657. The molecule has 3 aliphatic carbocycles. The smallest absolute Gasteiger partial charge is 0.262 e. The number of aromatic nitrogens is 2. The summed E-state index contributed by atoms with van der Waals surface area (Å²) in [4.78, 5) is 32.9. The van der Waals surface area contributed by atoms with E-state index >= 15 is 0 Å². The van der Waals surface area contributed by atoms with Crippen LogP contribution in [-0.4, -0.2) is 53.7 Å². The van der Waals surface area contributed by atoms with Crippen LogP contribution in [0.2, 0.25) is 5.02 Å². The molecule has 0 spiro atoms. The second-order valence-corrected chi connectivity index (χ2v) is 8.13. The van der Waals surface area contributed by atoms with Gasteiger partial charge in [0.1, 0.15) is 17.9 Å². The fourth-order valence-electron chi connectivity index (χ4n) is 4.26. The second kappa shape index (κ2) is 7.84. The van der Waals surface area contributed by atoms with Gasteiger partial charge in [-0.25, -0.2) is 14.4 Å². The minimum atomic E-state index is -0.617. The van der Waals surface area contributed by atoms with E-state index in [-0.39, 0.29) is 46.1 Å². The lowest BCUT2D eigenvalue weighted by Crippen LogP contribution is -2.84. The molecule has 1 aromatic heterocycles. The molecule has 2 bridgehead atoms. The zero-order chi connectivity index (χ0) is 22.2. The van der Waals surface area contributed by atoms with Gasteiger partial charge in [-0.3, -0.25) is 9.59 Å². The van der Waals surface area contributed by atoms with E-state index in [0.717, 1.165) is 6.07 Å². The predicted molar refractivity (Wildman–Crippen MR) is 107 cm³/mol. The molecule has 2 N–H and O–H groups in total. The average molecular weight is 451 g/mol. The van der Waals surface area contributed by atoms with E-state index in [2.05, 4.69) is 20.6 Å². The third kappa shape index (κ3) is 3.95. The lowest BCUT2D eigenvalue weighted by Gasteiger charge is -2.70. The van der Waals surface area contributed by atoms with Gasteiger partial charge in [0.25, 0.3) is 11.8 Å². The molecule has 5 rings (SSSR count). The Labute approximate surface area is 182 Å². The average Bonchev–Trinajstić information content (AvgIpc) is 2.71. The normalized spacial score (nSPS) is 23.1. The van der Waals surface area contributed by atoms with Crippen LogP contribution in [0, 0.1) is 5.82 Å². The molecule has 11 heteroatoms. The highest BCUT2D eigenvalue weighted by Crippen LogP contribution is 2.60. The van der Waals surface area contributed by atoms with Gasteiger partial charge in [0.15, 0.2) is 12.2 Å². The van der Waals surface area contributed by atoms with Crippen molar-refractivity contribution < 1.29 is 28.2 Å². The highest BCUT2D eigenvalue weighted by molar-refractivity contribution is 6.30. The van der Waals surface area contributed by atoms with E-state index in [9.17, 15) is 14.0 Å². The van der Waals surface area contributed by atoms with E-state index in [4.69, 9.17) is 25.8 Å². The van der Waals surface area contributed by atoms with Gasteiger partial charge in [0.05, 0.1) is 19.2 Å². The summed E-state index contributed by atoms with van der Waals surface area (Å²) in [5, 5.41) is 5.89. The van der Waals surface area contributed by atoms with E-state index < -0.39 is 17.3 Å². The van der Waals surface area contributed by atoms with Gasteiger partial charge >= 0.3 is 0 Å². The number of amides is 2. The highest BCUT2D eigenvalue weighted by atomic mass is 35.5. The zero-order valence-corrected chi connectivity index (χ0v) is 17.6. The molecule has 2 aromatic rings. The van der Waals surface area contributed by atoms with Crippen molar-refractivity contribution in [2.75, 3.05) is 20.8 Å². The van der Waals surface area contributed by atoms with Crippen LogP contribution in [0.5, 0.6) is 17.5 Å². The first-order chi connectivity index (χ1) is 14.8. The standard InChI is InChI=1S/C20H20ClFN4O5/c1-29-17-15(18(30-2)24-10-23-17)16(28)26-20-7-19(8-20,9-20)25-14(27)6-31-11-3-4-12(21)13(22)5-11/h3-5,10H,6-9H2,1-2H3,(H,25,27)(H,26,28). The number of benzene rings is 1. The molecule has 1 heterocycles. The van der Waals surface area contributed by atoms with E-state index in [1.807, 2.05) is 0 Å². The summed E-state index contributed by atoms with van der Waals surface area (Å²) in [6.07, 6.45) is 3.02. The number of hydrogen-bond acceptors (Lipinski definition) is 7. The summed E-state index contributed by atoms with van der Waals surface area (Å²) in [5.74, 6) is -0.888. The fraction of sp³-hybridized carbons (Fsp3) is 0.400. The summed E-state index contributed by atoms with van der Waals surface area (Å²) in [6.45, 7) is -0.252. The molecule has 9 nitrogen and oxygen atoms in total. The highest BCUT2D eigenvalue weighted by Gasteiger charge is 2.69. The number of ether oxygens (including phenoxy) is 3. The van der Waals surface area contributed by atoms with Crippen LogP contribution in [0.25, 0.3) is 0 Å². The molecule has 0 aliphatic heterocycles. The van der Waals surface area contributed by atoms with Gasteiger partial charge in [-0.15, -0.1) is 0 Å². The lowest BCUT2D eigenvalue weighted by molar-refractivity contribution is -0.141. The van der Waals surface area contributed by atoms with Gasteiger partial charge in [-0.05, 0) is 31.4 Å². The van der Waals surface area contributed by atoms with E-state index in [1.165, 1.54) is 32.7 Å². The molecular weight excluding hydrogens is 431 g/mol. The van der Waals surface area contributed by atoms with Gasteiger partial charge in [0, 0.05) is 17.1 Å². The number of halogens is 2. The molecule has 0 radical (unpaired) electrons. The number of nitrogens with one attached hydrogen (secondary N) is 2. The molecule has 1 aromatic carbocycles. The second-order valence-electron chi connectivity index (χ2n) is 7.73. The maximum Gasteiger partial charge on any atom is 0.262 e. The Balaban J connectivity index is 1.29. The van der Waals surface area contributed by atoms with Crippen molar-refractivity contribution in [1.29, 1.82) is 0 Å². The largest absolute Gasteiger partial charge is 0.484 e. The Bertz CT molecular complexity index is 1010.